The Morgan fingerprint density at radius 2 is 1.93 bits per heavy atom. The van der Waals surface area contributed by atoms with Gasteiger partial charge in [-0.3, -0.25) is 0 Å². The summed E-state index contributed by atoms with van der Waals surface area (Å²) in [6.45, 7) is 2.39. The van der Waals surface area contributed by atoms with Crippen molar-refractivity contribution >= 4 is 0 Å². The quantitative estimate of drug-likeness (QED) is 0.441. The van der Waals surface area contributed by atoms with Crippen molar-refractivity contribution in [3.05, 3.63) is 45.8 Å². The van der Waals surface area contributed by atoms with Crippen LogP contribution in [0.25, 0.3) is 10.4 Å². The van der Waals surface area contributed by atoms with Gasteiger partial charge < -0.3 is 5.73 Å². The molecule has 4 heteroatoms. The maximum atomic E-state index is 8.14. The Hall–Kier alpha value is -1.51. The minimum Gasteiger partial charge on any atom is -0.328 e. The fourth-order valence-corrected chi connectivity index (χ4v) is 1.27. The van der Waals surface area contributed by atoms with Crippen LogP contribution in [-0.2, 0) is 13.0 Å². The zero-order valence-corrected chi connectivity index (χ0v) is 8.22. The van der Waals surface area contributed by atoms with E-state index in [-0.39, 0.29) is 6.04 Å². The third-order valence-corrected chi connectivity index (χ3v) is 1.90. The third kappa shape index (κ3) is 3.47. The first-order valence-corrected chi connectivity index (χ1v) is 4.56. The van der Waals surface area contributed by atoms with E-state index in [4.69, 9.17) is 11.3 Å². The lowest BCUT2D eigenvalue weighted by Crippen LogP contribution is -2.17. The summed E-state index contributed by atoms with van der Waals surface area (Å²) in [5.74, 6) is 0. The van der Waals surface area contributed by atoms with Gasteiger partial charge in [-0.25, -0.2) is 0 Å². The van der Waals surface area contributed by atoms with E-state index in [9.17, 15) is 0 Å². The molecule has 0 aliphatic carbocycles. The Labute approximate surface area is 83.4 Å². The first kappa shape index (κ1) is 10.6. The molecule has 0 fully saturated rings. The molecule has 0 heterocycles. The van der Waals surface area contributed by atoms with Crippen LogP contribution in [0.3, 0.4) is 0 Å². The molecular weight excluding hydrogens is 176 g/mol. The molecule has 0 aliphatic heterocycles. The van der Waals surface area contributed by atoms with Gasteiger partial charge in [0.2, 0.25) is 0 Å². The topological polar surface area (TPSA) is 74.8 Å². The summed E-state index contributed by atoms with van der Waals surface area (Å²) in [5.41, 5.74) is 16.1. The van der Waals surface area contributed by atoms with Crippen LogP contribution in [0.2, 0.25) is 0 Å². The van der Waals surface area contributed by atoms with Crippen molar-refractivity contribution in [2.24, 2.45) is 10.8 Å². The summed E-state index contributed by atoms with van der Waals surface area (Å²) in [6.07, 6.45) is 0.877. The number of hydrogen-bond acceptors (Lipinski definition) is 2. The van der Waals surface area contributed by atoms with Crippen molar-refractivity contribution in [3.8, 4) is 0 Å². The molecule has 0 amide bonds. The number of azide groups is 1. The summed E-state index contributed by atoms with van der Waals surface area (Å²) in [4.78, 5) is 2.71. The highest BCUT2D eigenvalue weighted by Gasteiger charge is 1.97. The van der Waals surface area contributed by atoms with E-state index in [1.807, 2.05) is 31.2 Å². The highest BCUT2D eigenvalue weighted by molar-refractivity contribution is 5.23. The van der Waals surface area contributed by atoms with Gasteiger partial charge in [-0.2, -0.15) is 0 Å². The van der Waals surface area contributed by atoms with E-state index in [1.54, 1.807) is 0 Å². The summed E-state index contributed by atoms with van der Waals surface area (Å²) in [7, 11) is 0. The molecule has 1 rings (SSSR count). The summed E-state index contributed by atoms with van der Waals surface area (Å²) in [5, 5.41) is 3.49. The molecule has 1 unspecified atom stereocenters. The van der Waals surface area contributed by atoms with Gasteiger partial charge in [0.05, 0.1) is 6.54 Å². The van der Waals surface area contributed by atoms with Gasteiger partial charge in [-0.15, -0.1) is 0 Å². The Morgan fingerprint density at radius 1 is 1.36 bits per heavy atom. The minimum absolute atomic E-state index is 0.179. The van der Waals surface area contributed by atoms with Crippen LogP contribution in [0.1, 0.15) is 18.1 Å². The van der Waals surface area contributed by atoms with E-state index >= 15 is 0 Å². The summed E-state index contributed by atoms with van der Waals surface area (Å²) in [6, 6.07) is 8.15. The largest absolute Gasteiger partial charge is 0.328 e. The fraction of sp³-hybridized carbons (Fsp3) is 0.400. The van der Waals surface area contributed by atoms with Crippen LogP contribution in [0.15, 0.2) is 29.4 Å². The predicted octanol–water partition coefficient (Wildman–Crippen LogP) is 2.39. The van der Waals surface area contributed by atoms with Crippen LogP contribution < -0.4 is 5.73 Å². The normalized spacial score (nSPS) is 11.9. The first-order chi connectivity index (χ1) is 6.72. The molecule has 14 heavy (non-hydrogen) atoms. The number of hydrogen-bond donors (Lipinski definition) is 1. The highest BCUT2D eigenvalue weighted by Crippen LogP contribution is 2.07. The smallest absolute Gasteiger partial charge is 0.0510 e. The Kier molecular flexibility index (Phi) is 3.98. The molecule has 1 aromatic carbocycles. The van der Waals surface area contributed by atoms with E-state index in [0.29, 0.717) is 6.54 Å². The van der Waals surface area contributed by atoms with Crippen molar-refractivity contribution in [1.82, 2.24) is 0 Å². The second-order valence-electron chi connectivity index (χ2n) is 3.39. The lowest BCUT2D eigenvalue weighted by Gasteiger charge is -2.05. The molecule has 4 nitrogen and oxygen atoms in total. The maximum absolute atomic E-state index is 8.14. The van der Waals surface area contributed by atoms with E-state index in [0.717, 1.165) is 12.0 Å². The SMILES string of the molecule is CC(N)Cc1ccc(CN=[N+]=[N-])cc1. The summed E-state index contributed by atoms with van der Waals surface area (Å²) < 4.78 is 0. The predicted molar refractivity (Wildman–Crippen MR) is 56.6 cm³/mol. The molecule has 0 spiro atoms. The van der Waals surface area contributed by atoms with Crippen LogP contribution in [-0.4, -0.2) is 6.04 Å². The Bertz CT molecular complexity index is 322. The molecule has 0 saturated carbocycles. The first-order valence-electron chi connectivity index (χ1n) is 4.56. The maximum Gasteiger partial charge on any atom is 0.0510 e. The molecule has 74 valence electrons. The van der Waals surface area contributed by atoms with Crippen molar-refractivity contribution < 1.29 is 0 Å². The zero-order chi connectivity index (χ0) is 10.4. The minimum atomic E-state index is 0.179. The van der Waals surface area contributed by atoms with E-state index in [1.165, 1.54) is 5.56 Å². The molecule has 1 aromatic rings. The zero-order valence-electron chi connectivity index (χ0n) is 8.22. The number of nitrogens with two attached hydrogens (primary N) is 1. The molecular formula is C10H14N4. The van der Waals surface area contributed by atoms with Crippen LogP contribution in [0.4, 0.5) is 0 Å². The van der Waals surface area contributed by atoms with Crippen LogP contribution >= 0.6 is 0 Å². The van der Waals surface area contributed by atoms with Crippen molar-refractivity contribution in [2.45, 2.75) is 25.9 Å². The van der Waals surface area contributed by atoms with E-state index < -0.39 is 0 Å². The molecule has 2 N–H and O–H groups in total. The van der Waals surface area contributed by atoms with Crippen molar-refractivity contribution in [2.75, 3.05) is 0 Å². The van der Waals surface area contributed by atoms with Gasteiger partial charge in [-0.1, -0.05) is 29.4 Å². The fourth-order valence-electron chi connectivity index (χ4n) is 1.27. The lowest BCUT2D eigenvalue weighted by atomic mass is 10.1. The van der Waals surface area contributed by atoms with Gasteiger partial charge >= 0.3 is 0 Å². The Morgan fingerprint density at radius 3 is 2.43 bits per heavy atom. The Balaban J connectivity index is 2.63. The van der Waals surface area contributed by atoms with Gasteiger partial charge in [0, 0.05) is 11.0 Å². The average molecular weight is 190 g/mol. The molecule has 0 aliphatic rings. The average Bonchev–Trinajstić information content (AvgIpc) is 2.16. The van der Waals surface area contributed by atoms with Crippen LogP contribution in [0.5, 0.6) is 0 Å². The molecule has 0 aromatic heterocycles. The number of benzene rings is 1. The molecule has 0 radical (unpaired) electrons. The standard InChI is InChI=1S/C10H14N4/c1-8(11)6-9-2-4-10(5-3-9)7-13-14-12/h2-5,8H,6-7,11H2,1H3. The second-order valence-corrected chi connectivity index (χ2v) is 3.39. The van der Waals surface area contributed by atoms with E-state index in [2.05, 4.69) is 10.0 Å². The van der Waals surface area contributed by atoms with Gasteiger partial charge in [-0.05, 0) is 30.0 Å². The van der Waals surface area contributed by atoms with Crippen molar-refractivity contribution in [3.63, 3.8) is 0 Å². The van der Waals surface area contributed by atoms with Crippen LogP contribution in [0, 0.1) is 0 Å². The molecule has 0 saturated heterocycles. The molecule has 1 atom stereocenters. The number of rotatable bonds is 4. The van der Waals surface area contributed by atoms with Crippen molar-refractivity contribution in [1.29, 1.82) is 0 Å². The second kappa shape index (κ2) is 5.27. The molecule has 0 bridgehead atoms. The lowest BCUT2D eigenvalue weighted by molar-refractivity contribution is 0.738. The highest BCUT2D eigenvalue weighted by atomic mass is 15.1. The van der Waals surface area contributed by atoms with Gasteiger partial charge in [0.15, 0.2) is 0 Å². The van der Waals surface area contributed by atoms with Gasteiger partial charge in [0.25, 0.3) is 0 Å². The summed E-state index contributed by atoms with van der Waals surface area (Å²) >= 11 is 0. The number of nitrogens with zero attached hydrogens (tertiary/aromatic N) is 3. The van der Waals surface area contributed by atoms with Gasteiger partial charge in [0.1, 0.15) is 0 Å². The monoisotopic (exact) mass is 190 g/mol. The third-order valence-electron chi connectivity index (χ3n) is 1.90.